The van der Waals surface area contributed by atoms with Gasteiger partial charge in [-0.25, -0.2) is 0 Å². The van der Waals surface area contributed by atoms with Gasteiger partial charge in [-0.2, -0.15) is 0 Å². The SMILES string of the molecule is CP(C)(=O)O.[CH3-].[Y]. The van der Waals surface area contributed by atoms with E-state index in [-0.39, 0.29) is 40.1 Å². The van der Waals surface area contributed by atoms with Crippen molar-refractivity contribution in [2.75, 3.05) is 13.3 Å². The Kier molecular flexibility index (Phi) is 12.2. The van der Waals surface area contributed by atoms with Gasteiger partial charge in [0.05, 0.1) is 0 Å². The minimum Gasteiger partial charge on any atom is -0.358 e. The molecular weight excluding hydrogens is 188 g/mol. The van der Waals surface area contributed by atoms with Crippen LogP contribution < -0.4 is 0 Å². The molecule has 1 radical (unpaired) electrons. The molecule has 0 aliphatic carbocycles. The summed E-state index contributed by atoms with van der Waals surface area (Å²) in [5.74, 6) is 0. The van der Waals surface area contributed by atoms with Gasteiger partial charge in [-0.05, 0) is 0 Å². The number of rotatable bonds is 0. The molecule has 7 heavy (non-hydrogen) atoms. The van der Waals surface area contributed by atoms with Gasteiger partial charge in [-0.15, -0.1) is 0 Å². The van der Waals surface area contributed by atoms with E-state index in [1.54, 1.807) is 0 Å². The van der Waals surface area contributed by atoms with Gasteiger partial charge in [0.2, 0.25) is 0 Å². The molecule has 0 spiro atoms. The van der Waals surface area contributed by atoms with Gasteiger partial charge >= 0.3 is 0 Å². The van der Waals surface area contributed by atoms with Crippen molar-refractivity contribution in [2.45, 2.75) is 0 Å². The third-order valence-electron chi connectivity index (χ3n) is 0. The molecule has 0 aromatic carbocycles. The van der Waals surface area contributed by atoms with Crippen LogP contribution in [0.4, 0.5) is 0 Å². The molecule has 0 aromatic rings. The summed E-state index contributed by atoms with van der Waals surface area (Å²) >= 11 is 0. The zero-order valence-corrected chi connectivity index (χ0v) is 8.61. The third kappa shape index (κ3) is 122. The van der Waals surface area contributed by atoms with E-state index in [0.29, 0.717) is 0 Å². The summed E-state index contributed by atoms with van der Waals surface area (Å²) < 4.78 is 9.77. The first kappa shape index (κ1) is 15.7. The molecule has 0 amide bonds. The van der Waals surface area contributed by atoms with Gasteiger partial charge in [0.25, 0.3) is 0 Å². The molecule has 43 valence electrons. The normalized spacial score (nSPS) is 8.43. The van der Waals surface area contributed by atoms with Gasteiger partial charge in [-0.1, -0.05) is 0 Å². The average Bonchev–Trinajstić information content (AvgIpc) is 0.722. The first-order valence-electron chi connectivity index (χ1n) is 1.28. The van der Waals surface area contributed by atoms with Crippen molar-refractivity contribution in [3.8, 4) is 0 Å². The van der Waals surface area contributed by atoms with E-state index in [1.165, 1.54) is 13.3 Å². The second kappa shape index (κ2) is 5.43. The smallest absolute Gasteiger partial charge is 0.194 e. The maximum Gasteiger partial charge on any atom is 0.194 e. The Labute approximate surface area is 70.0 Å². The summed E-state index contributed by atoms with van der Waals surface area (Å²) in [5.41, 5.74) is 0. The molecular formula is C3H10O2PY-. The first-order chi connectivity index (χ1) is 2.00. The molecule has 0 heterocycles. The first-order valence-corrected chi connectivity index (χ1v) is 3.83. The van der Waals surface area contributed by atoms with Crippen LogP contribution in [0.3, 0.4) is 0 Å². The van der Waals surface area contributed by atoms with E-state index >= 15 is 0 Å². The maximum absolute atomic E-state index is 9.77. The molecule has 0 atom stereocenters. The van der Waals surface area contributed by atoms with Gasteiger partial charge in [0.1, 0.15) is 0 Å². The zero-order chi connectivity index (χ0) is 4.50. The second-order valence-corrected chi connectivity index (χ2v) is 3.88. The Bertz CT molecular complexity index is 59.1. The Hall–Kier alpha value is 1.29. The van der Waals surface area contributed by atoms with Crippen molar-refractivity contribution in [3.05, 3.63) is 7.43 Å². The van der Waals surface area contributed by atoms with Crippen LogP contribution in [0.15, 0.2) is 0 Å². The van der Waals surface area contributed by atoms with Crippen molar-refractivity contribution >= 4 is 7.37 Å². The molecule has 1 N–H and O–H groups in total. The van der Waals surface area contributed by atoms with Crippen LogP contribution in [0, 0.1) is 7.43 Å². The van der Waals surface area contributed by atoms with Crippen molar-refractivity contribution in [3.63, 3.8) is 0 Å². The molecule has 0 aliphatic rings. The molecule has 0 rings (SSSR count). The van der Waals surface area contributed by atoms with Gasteiger partial charge in [-0.3, -0.25) is 4.57 Å². The summed E-state index contributed by atoms with van der Waals surface area (Å²) in [4.78, 5) is 8.08. The second-order valence-electron chi connectivity index (χ2n) is 1.29. The Morgan fingerprint density at radius 2 is 1.43 bits per heavy atom. The van der Waals surface area contributed by atoms with E-state index < -0.39 is 7.37 Å². The third-order valence-corrected chi connectivity index (χ3v) is 0. The Morgan fingerprint density at radius 1 is 1.43 bits per heavy atom. The standard InChI is InChI=1S/C2H7O2P.CH3.Y/c1-5(2,3)4;;/h1-2H3,(H,3,4);1H3;/q;-1;. The molecule has 0 aliphatic heterocycles. The molecule has 0 bridgehead atoms. The summed E-state index contributed by atoms with van der Waals surface area (Å²) in [6, 6.07) is 0. The van der Waals surface area contributed by atoms with Crippen LogP contribution in [0.2, 0.25) is 0 Å². The molecule has 4 heteroatoms. The van der Waals surface area contributed by atoms with E-state index in [1.807, 2.05) is 0 Å². The van der Waals surface area contributed by atoms with Crippen LogP contribution in [0.1, 0.15) is 0 Å². The fraction of sp³-hybridized carbons (Fsp3) is 0.667. The van der Waals surface area contributed by atoms with Gasteiger partial charge in [0, 0.05) is 46.0 Å². The van der Waals surface area contributed by atoms with Crippen molar-refractivity contribution < 1.29 is 42.2 Å². The molecule has 0 saturated carbocycles. The van der Waals surface area contributed by atoms with E-state index in [2.05, 4.69) is 0 Å². The quantitative estimate of drug-likeness (QED) is 0.465. The van der Waals surface area contributed by atoms with Crippen LogP contribution >= 0.6 is 7.37 Å². The van der Waals surface area contributed by atoms with Crippen molar-refractivity contribution in [2.24, 2.45) is 0 Å². The minimum absolute atomic E-state index is 0. The van der Waals surface area contributed by atoms with Crippen LogP contribution in [0.5, 0.6) is 0 Å². The van der Waals surface area contributed by atoms with Crippen LogP contribution in [0.25, 0.3) is 0 Å². The number of hydrogen-bond acceptors (Lipinski definition) is 1. The maximum atomic E-state index is 9.77. The predicted molar refractivity (Wildman–Crippen MR) is 28.1 cm³/mol. The monoisotopic (exact) mass is 198 g/mol. The van der Waals surface area contributed by atoms with Crippen molar-refractivity contribution in [1.82, 2.24) is 0 Å². The Morgan fingerprint density at radius 3 is 1.43 bits per heavy atom. The molecule has 0 saturated heterocycles. The topological polar surface area (TPSA) is 37.3 Å². The fourth-order valence-corrected chi connectivity index (χ4v) is 0. The minimum atomic E-state index is -2.64. The molecule has 0 fully saturated rings. The Balaban J connectivity index is -0.0000000800. The number of hydrogen-bond donors (Lipinski definition) is 1. The van der Waals surface area contributed by atoms with Crippen molar-refractivity contribution in [1.29, 1.82) is 0 Å². The van der Waals surface area contributed by atoms with E-state index in [9.17, 15) is 4.57 Å². The fourth-order valence-electron chi connectivity index (χ4n) is 0. The van der Waals surface area contributed by atoms with E-state index in [4.69, 9.17) is 4.89 Å². The largest absolute Gasteiger partial charge is 0.358 e. The van der Waals surface area contributed by atoms with Gasteiger partial charge in [0.15, 0.2) is 7.37 Å². The molecule has 0 aromatic heterocycles. The summed E-state index contributed by atoms with van der Waals surface area (Å²) in [6.07, 6.45) is 0. The molecule has 2 nitrogen and oxygen atoms in total. The van der Waals surface area contributed by atoms with Crippen LogP contribution in [-0.4, -0.2) is 18.2 Å². The summed E-state index contributed by atoms with van der Waals surface area (Å²) in [6.45, 7) is 2.60. The predicted octanol–water partition coefficient (Wildman–Crippen LogP) is 0.964. The van der Waals surface area contributed by atoms with Crippen LogP contribution in [-0.2, 0) is 37.3 Å². The summed E-state index contributed by atoms with van der Waals surface area (Å²) in [7, 11) is -2.64. The molecule has 0 unspecified atom stereocenters. The summed E-state index contributed by atoms with van der Waals surface area (Å²) in [5, 5.41) is 0. The average molecular weight is 198 g/mol. The van der Waals surface area contributed by atoms with E-state index in [0.717, 1.165) is 0 Å². The zero-order valence-electron chi connectivity index (χ0n) is 4.88. The van der Waals surface area contributed by atoms with Gasteiger partial charge < -0.3 is 12.3 Å².